The van der Waals surface area contributed by atoms with Gasteiger partial charge in [-0.3, -0.25) is 14.4 Å². The molecule has 1 heterocycles. The number of aromatic nitrogens is 1. The van der Waals surface area contributed by atoms with Crippen LogP contribution in [0.3, 0.4) is 0 Å². The van der Waals surface area contributed by atoms with Gasteiger partial charge in [0, 0.05) is 16.9 Å². The Morgan fingerprint density at radius 1 is 0.867 bits per heavy atom. The summed E-state index contributed by atoms with van der Waals surface area (Å²) in [5, 5.41) is 4.26. The Bertz CT molecular complexity index is 1110. The van der Waals surface area contributed by atoms with Gasteiger partial charge in [0.2, 0.25) is 0 Å². The van der Waals surface area contributed by atoms with Gasteiger partial charge in [-0.25, -0.2) is 0 Å². The molecule has 0 bridgehead atoms. The van der Waals surface area contributed by atoms with Crippen LogP contribution in [0.5, 0.6) is 0 Å². The van der Waals surface area contributed by atoms with Gasteiger partial charge >= 0.3 is 6.18 Å². The summed E-state index contributed by atoms with van der Waals surface area (Å²) in [6.45, 7) is -1.44. The van der Waals surface area contributed by atoms with Gasteiger partial charge < -0.3 is 15.6 Å². The van der Waals surface area contributed by atoms with Gasteiger partial charge in [-0.15, -0.1) is 0 Å². The summed E-state index contributed by atoms with van der Waals surface area (Å²) in [7, 11) is 0. The molecule has 2 amide bonds. The molecule has 1 aromatic heterocycles. The van der Waals surface area contributed by atoms with E-state index in [0.717, 1.165) is 5.56 Å². The second-order valence-corrected chi connectivity index (χ2v) is 6.31. The van der Waals surface area contributed by atoms with Crippen molar-refractivity contribution < 1.29 is 22.8 Å². The first-order valence-corrected chi connectivity index (χ1v) is 8.78. The summed E-state index contributed by atoms with van der Waals surface area (Å²) in [4.78, 5) is 39.0. The second kappa shape index (κ2) is 8.64. The number of carbonyl (C=O) groups excluding carboxylic acids is 2. The number of aromatic amines is 1. The molecule has 0 saturated carbocycles. The quantitative estimate of drug-likeness (QED) is 0.595. The Labute approximate surface area is 168 Å². The first-order chi connectivity index (χ1) is 14.2. The van der Waals surface area contributed by atoms with Crippen molar-refractivity contribution in [2.75, 3.05) is 11.9 Å². The van der Waals surface area contributed by atoms with Crippen LogP contribution in [0.25, 0.3) is 11.3 Å². The fourth-order valence-electron chi connectivity index (χ4n) is 2.62. The van der Waals surface area contributed by atoms with Crippen LogP contribution >= 0.6 is 0 Å². The summed E-state index contributed by atoms with van der Waals surface area (Å²) in [5.41, 5.74) is 0.951. The monoisotopic (exact) mass is 415 g/mol. The molecule has 2 aromatic carbocycles. The van der Waals surface area contributed by atoms with E-state index >= 15 is 0 Å². The standard InChI is InChI=1S/C21H16F3N3O3/c22-21(23,24)12-25-18(28)14-6-8-15(9-7-14)26-19(29)16-10-11-17(27-20(16)30)13-4-2-1-3-5-13/h1-11H,12H2,(H,25,28)(H,26,29)(H,27,30). The zero-order valence-corrected chi connectivity index (χ0v) is 15.4. The fraction of sp³-hybridized carbons (Fsp3) is 0.0952. The highest BCUT2D eigenvalue weighted by atomic mass is 19.4. The van der Waals surface area contributed by atoms with E-state index in [-0.39, 0.29) is 16.8 Å². The molecule has 154 valence electrons. The van der Waals surface area contributed by atoms with E-state index in [1.807, 2.05) is 30.3 Å². The lowest BCUT2D eigenvalue weighted by Gasteiger charge is -2.09. The molecule has 0 atom stereocenters. The summed E-state index contributed by atoms with van der Waals surface area (Å²) < 4.78 is 36.5. The van der Waals surface area contributed by atoms with Crippen LogP contribution in [0.15, 0.2) is 71.5 Å². The Morgan fingerprint density at radius 3 is 2.13 bits per heavy atom. The van der Waals surface area contributed by atoms with Crippen molar-refractivity contribution in [1.82, 2.24) is 10.3 Å². The third-order valence-electron chi connectivity index (χ3n) is 4.09. The molecule has 0 saturated heterocycles. The maximum Gasteiger partial charge on any atom is 0.405 e. The number of amides is 2. The van der Waals surface area contributed by atoms with Crippen molar-refractivity contribution in [1.29, 1.82) is 0 Å². The largest absolute Gasteiger partial charge is 0.405 e. The summed E-state index contributed by atoms with van der Waals surface area (Å²) in [6.07, 6.45) is -4.51. The van der Waals surface area contributed by atoms with E-state index in [9.17, 15) is 27.6 Å². The van der Waals surface area contributed by atoms with Gasteiger partial charge in [-0.05, 0) is 42.0 Å². The maximum absolute atomic E-state index is 12.4. The lowest BCUT2D eigenvalue weighted by atomic mass is 10.1. The minimum absolute atomic E-state index is 0.00214. The van der Waals surface area contributed by atoms with Gasteiger partial charge in [0.25, 0.3) is 17.4 Å². The average molecular weight is 415 g/mol. The van der Waals surface area contributed by atoms with Crippen molar-refractivity contribution in [2.24, 2.45) is 0 Å². The van der Waals surface area contributed by atoms with Crippen LogP contribution in [0.2, 0.25) is 0 Å². The average Bonchev–Trinajstić information content (AvgIpc) is 2.72. The lowest BCUT2D eigenvalue weighted by Crippen LogP contribution is -2.33. The van der Waals surface area contributed by atoms with E-state index in [4.69, 9.17) is 0 Å². The number of alkyl halides is 3. The molecule has 3 N–H and O–H groups in total. The number of H-pyrrole nitrogens is 1. The van der Waals surface area contributed by atoms with E-state index in [1.165, 1.54) is 30.3 Å². The predicted molar refractivity (Wildman–Crippen MR) is 105 cm³/mol. The third kappa shape index (κ3) is 5.34. The number of nitrogens with one attached hydrogen (secondary N) is 3. The molecule has 0 aliphatic heterocycles. The van der Waals surface area contributed by atoms with Crippen LogP contribution < -0.4 is 16.2 Å². The molecule has 3 aromatic rings. The molecule has 0 fully saturated rings. The van der Waals surface area contributed by atoms with Crippen molar-refractivity contribution in [3.05, 3.63) is 88.2 Å². The summed E-state index contributed by atoms with van der Waals surface area (Å²) >= 11 is 0. The Kier molecular flexibility index (Phi) is 6.01. The molecule has 0 aliphatic rings. The SMILES string of the molecule is O=C(NCC(F)(F)F)c1ccc(NC(=O)c2ccc(-c3ccccc3)[nH]c2=O)cc1. The van der Waals surface area contributed by atoms with Gasteiger partial charge in [0.1, 0.15) is 12.1 Å². The van der Waals surface area contributed by atoms with E-state index in [1.54, 1.807) is 11.4 Å². The summed E-state index contributed by atoms with van der Waals surface area (Å²) in [5.74, 6) is -1.55. The van der Waals surface area contributed by atoms with Crippen LogP contribution in [-0.2, 0) is 0 Å². The molecule has 6 nitrogen and oxygen atoms in total. The van der Waals surface area contributed by atoms with E-state index in [2.05, 4.69) is 10.3 Å². The molecule has 0 spiro atoms. The number of pyridine rings is 1. The lowest BCUT2D eigenvalue weighted by molar-refractivity contribution is -0.123. The molecular weight excluding hydrogens is 399 g/mol. The molecule has 3 rings (SSSR count). The van der Waals surface area contributed by atoms with Gasteiger partial charge in [0.05, 0.1) is 0 Å². The van der Waals surface area contributed by atoms with Crippen LogP contribution in [0.4, 0.5) is 18.9 Å². The number of benzene rings is 2. The van der Waals surface area contributed by atoms with Gasteiger partial charge in [0.15, 0.2) is 0 Å². The minimum Gasteiger partial charge on any atom is -0.343 e. The van der Waals surface area contributed by atoms with Crippen molar-refractivity contribution in [2.45, 2.75) is 6.18 Å². The highest BCUT2D eigenvalue weighted by Crippen LogP contribution is 2.16. The number of rotatable bonds is 5. The molecule has 0 radical (unpaired) electrons. The maximum atomic E-state index is 12.4. The highest BCUT2D eigenvalue weighted by Gasteiger charge is 2.27. The molecule has 0 unspecified atom stereocenters. The van der Waals surface area contributed by atoms with Gasteiger partial charge in [-0.1, -0.05) is 30.3 Å². The molecular formula is C21H16F3N3O3. The first-order valence-electron chi connectivity index (χ1n) is 8.78. The van der Waals surface area contributed by atoms with Crippen LogP contribution in [0.1, 0.15) is 20.7 Å². The Balaban J connectivity index is 1.67. The molecule has 0 aliphatic carbocycles. The first kappa shape index (κ1) is 20.8. The predicted octanol–water partition coefficient (Wildman–Crippen LogP) is 3.59. The van der Waals surface area contributed by atoms with Crippen molar-refractivity contribution >= 4 is 17.5 Å². The van der Waals surface area contributed by atoms with Gasteiger partial charge in [-0.2, -0.15) is 13.2 Å². The second-order valence-electron chi connectivity index (χ2n) is 6.31. The molecule has 9 heteroatoms. The third-order valence-corrected chi connectivity index (χ3v) is 4.09. The number of hydrogen-bond donors (Lipinski definition) is 3. The summed E-state index contributed by atoms with van der Waals surface area (Å²) in [6, 6.07) is 17.4. The van der Waals surface area contributed by atoms with E-state index in [0.29, 0.717) is 5.69 Å². The van der Waals surface area contributed by atoms with Crippen molar-refractivity contribution in [3.8, 4) is 11.3 Å². The van der Waals surface area contributed by atoms with E-state index < -0.39 is 30.1 Å². The highest BCUT2D eigenvalue weighted by molar-refractivity contribution is 6.04. The number of halogens is 3. The Morgan fingerprint density at radius 2 is 1.53 bits per heavy atom. The number of carbonyl (C=O) groups is 2. The Hall–Kier alpha value is -3.88. The smallest absolute Gasteiger partial charge is 0.343 e. The fourth-order valence-corrected chi connectivity index (χ4v) is 2.62. The van der Waals surface area contributed by atoms with Crippen LogP contribution in [0, 0.1) is 0 Å². The molecule has 30 heavy (non-hydrogen) atoms. The topological polar surface area (TPSA) is 91.1 Å². The zero-order valence-electron chi connectivity index (χ0n) is 15.4. The van der Waals surface area contributed by atoms with Crippen LogP contribution in [-0.4, -0.2) is 29.5 Å². The van der Waals surface area contributed by atoms with Crippen molar-refractivity contribution in [3.63, 3.8) is 0 Å². The minimum atomic E-state index is -4.51. The number of hydrogen-bond acceptors (Lipinski definition) is 3. The number of anilines is 1. The normalized spacial score (nSPS) is 11.0. The zero-order chi connectivity index (χ0) is 21.7.